The molecule has 1 aromatic carbocycles. The van der Waals surface area contributed by atoms with Crippen molar-refractivity contribution in [2.75, 3.05) is 6.54 Å². The summed E-state index contributed by atoms with van der Waals surface area (Å²) >= 11 is 6.38. The lowest BCUT2D eigenvalue weighted by molar-refractivity contribution is -0.143. The third kappa shape index (κ3) is 5.79. The molecular formula is C23H28ClNO6. The molecule has 168 valence electrons. The summed E-state index contributed by atoms with van der Waals surface area (Å²) in [7, 11) is 0. The minimum absolute atomic E-state index is 0.266. The number of benzene rings is 1. The van der Waals surface area contributed by atoms with Crippen molar-refractivity contribution in [3.63, 3.8) is 0 Å². The number of hydrogen-bond donors (Lipinski definition) is 2. The van der Waals surface area contributed by atoms with Crippen LogP contribution in [0.2, 0.25) is 5.02 Å². The first-order valence-electron chi connectivity index (χ1n) is 10.7. The fourth-order valence-corrected chi connectivity index (χ4v) is 4.25. The molecule has 1 heterocycles. The van der Waals surface area contributed by atoms with Crippen LogP contribution in [0.4, 0.5) is 0 Å². The second-order valence-corrected chi connectivity index (χ2v) is 8.59. The van der Waals surface area contributed by atoms with Crippen LogP contribution in [-0.4, -0.2) is 29.6 Å². The van der Waals surface area contributed by atoms with E-state index in [0.29, 0.717) is 30.0 Å². The van der Waals surface area contributed by atoms with Crippen LogP contribution < -0.4 is 15.7 Å². The first-order valence-corrected chi connectivity index (χ1v) is 11.1. The second kappa shape index (κ2) is 10.2. The number of amides is 1. The zero-order chi connectivity index (χ0) is 22.5. The van der Waals surface area contributed by atoms with E-state index in [1.165, 1.54) is 6.07 Å². The van der Waals surface area contributed by atoms with Crippen LogP contribution in [0.5, 0.6) is 5.75 Å². The molecule has 0 saturated heterocycles. The maximum atomic E-state index is 12.5. The van der Waals surface area contributed by atoms with Gasteiger partial charge in [-0.05, 0) is 56.6 Å². The van der Waals surface area contributed by atoms with Crippen molar-refractivity contribution in [1.82, 2.24) is 5.32 Å². The number of rotatable bonds is 8. The fraction of sp³-hybridized carbons (Fsp3) is 0.522. The topological polar surface area (TPSA) is 106 Å². The number of carbonyl (C=O) groups excluding carboxylic acids is 1. The number of fused-ring (bicyclic) bond motifs is 1. The van der Waals surface area contributed by atoms with Crippen molar-refractivity contribution in [3.8, 4) is 5.75 Å². The van der Waals surface area contributed by atoms with Gasteiger partial charge < -0.3 is 19.6 Å². The van der Waals surface area contributed by atoms with E-state index in [2.05, 4.69) is 5.32 Å². The van der Waals surface area contributed by atoms with E-state index in [0.717, 1.165) is 36.6 Å². The Bertz CT molecular complexity index is 1010. The molecule has 7 nitrogen and oxygen atoms in total. The number of nitrogens with one attached hydrogen (secondary N) is 1. The number of ether oxygens (including phenoxy) is 1. The van der Waals surface area contributed by atoms with Gasteiger partial charge in [0.2, 0.25) is 0 Å². The van der Waals surface area contributed by atoms with Gasteiger partial charge in [0.1, 0.15) is 11.3 Å². The highest BCUT2D eigenvalue weighted by atomic mass is 35.5. The highest BCUT2D eigenvalue weighted by Crippen LogP contribution is 2.32. The van der Waals surface area contributed by atoms with Gasteiger partial charge in [0.05, 0.1) is 10.9 Å². The van der Waals surface area contributed by atoms with Gasteiger partial charge in [-0.2, -0.15) is 0 Å². The molecule has 1 fully saturated rings. The van der Waals surface area contributed by atoms with Crippen molar-refractivity contribution >= 4 is 34.4 Å². The monoisotopic (exact) mass is 449 g/mol. The molecule has 2 N–H and O–H groups in total. The number of aryl methyl sites for hydroxylation is 1. The van der Waals surface area contributed by atoms with Gasteiger partial charge in [-0.15, -0.1) is 0 Å². The Labute approximate surface area is 185 Å². The second-order valence-electron chi connectivity index (χ2n) is 8.18. The van der Waals surface area contributed by atoms with E-state index in [1.54, 1.807) is 19.1 Å². The van der Waals surface area contributed by atoms with Gasteiger partial charge >= 0.3 is 11.6 Å². The molecule has 31 heavy (non-hydrogen) atoms. The molecule has 1 amide bonds. The molecule has 1 saturated carbocycles. The van der Waals surface area contributed by atoms with Crippen LogP contribution in [0, 0.1) is 11.8 Å². The summed E-state index contributed by atoms with van der Waals surface area (Å²) in [5.74, 6) is -0.757. The Kier molecular flexibility index (Phi) is 7.59. The molecule has 0 unspecified atom stereocenters. The molecule has 3 rings (SSSR count). The highest BCUT2D eigenvalue weighted by molar-refractivity contribution is 6.32. The highest BCUT2D eigenvalue weighted by Gasteiger charge is 2.26. The molecule has 1 aliphatic carbocycles. The third-order valence-electron chi connectivity index (χ3n) is 5.84. The number of carbonyl (C=O) groups is 2. The summed E-state index contributed by atoms with van der Waals surface area (Å²) in [4.78, 5) is 35.4. The smallest absolute Gasteiger partial charge is 0.336 e. The zero-order valence-electron chi connectivity index (χ0n) is 17.8. The normalized spacial score (nSPS) is 19.7. The minimum Gasteiger partial charge on any atom is -0.481 e. The maximum absolute atomic E-state index is 12.5. The Morgan fingerprint density at radius 2 is 1.97 bits per heavy atom. The van der Waals surface area contributed by atoms with Crippen LogP contribution in [0.15, 0.2) is 27.4 Å². The van der Waals surface area contributed by atoms with Crippen molar-refractivity contribution < 1.29 is 23.8 Å². The number of hydrogen-bond acceptors (Lipinski definition) is 5. The van der Waals surface area contributed by atoms with E-state index >= 15 is 0 Å². The lowest BCUT2D eigenvalue weighted by Crippen LogP contribution is -2.39. The predicted octanol–water partition coefficient (Wildman–Crippen LogP) is 4.17. The predicted molar refractivity (Wildman–Crippen MR) is 118 cm³/mol. The lowest BCUT2D eigenvalue weighted by atomic mass is 9.82. The average molecular weight is 450 g/mol. The largest absolute Gasteiger partial charge is 0.481 e. The average Bonchev–Trinajstić information content (AvgIpc) is 2.73. The maximum Gasteiger partial charge on any atom is 0.336 e. The summed E-state index contributed by atoms with van der Waals surface area (Å²) in [6.07, 6.45) is 3.65. The summed E-state index contributed by atoms with van der Waals surface area (Å²) < 4.78 is 11.1. The van der Waals surface area contributed by atoms with Gasteiger partial charge in [-0.1, -0.05) is 24.9 Å². The minimum atomic E-state index is -0.796. The molecule has 0 radical (unpaired) electrons. The van der Waals surface area contributed by atoms with Crippen LogP contribution in [-0.2, 0) is 16.0 Å². The Morgan fingerprint density at radius 3 is 2.61 bits per heavy atom. The summed E-state index contributed by atoms with van der Waals surface area (Å²) in [5, 5.41) is 13.1. The van der Waals surface area contributed by atoms with Crippen molar-refractivity contribution in [1.29, 1.82) is 0 Å². The quantitative estimate of drug-likeness (QED) is 0.586. The van der Waals surface area contributed by atoms with Crippen molar-refractivity contribution in [2.45, 2.75) is 58.5 Å². The lowest BCUT2D eigenvalue weighted by Gasteiger charge is -2.26. The van der Waals surface area contributed by atoms with E-state index in [9.17, 15) is 14.4 Å². The number of carboxylic acids is 1. The van der Waals surface area contributed by atoms with E-state index in [4.69, 9.17) is 25.9 Å². The number of halogens is 1. The zero-order valence-corrected chi connectivity index (χ0v) is 18.5. The molecule has 0 spiro atoms. The Balaban J connectivity index is 1.62. The fourth-order valence-electron chi connectivity index (χ4n) is 4.04. The standard InChI is InChI=1S/C23H28ClNO6/c1-3-4-16-9-21(26)31-19-11-20(18(24)10-17(16)19)30-13(2)22(27)25-12-14-5-7-15(8-6-14)23(28)29/h9-11,13-15H,3-8,12H2,1-2H3,(H,25,27)(H,28,29)/t13-,14?,15?/m0/s1. The molecule has 1 atom stereocenters. The molecule has 1 aromatic heterocycles. The summed E-state index contributed by atoms with van der Waals surface area (Å²) in [6.45, 7) is 4.14. The van der Waals surface area contributed by atoms with Gasteiger partial charge in [-0.25, -0.2) is 4.79 Å². The molecule has 2 aromatic rings. The SMILES string of the molecule is CCCc1cc(=O)oc2cc(O[C@@H](C)C(=O)NCC3CCC(C(=O)O)CC3)c(Cl)cc12. The molecule has 1 aliphatic rings. The Morgan fingerprint density at radius 1 is 1.26 bits per heavy atom. The number of aliphatic carboxylic acids is 1. The Hall–Kier alpha value is -2.54. The van der Waals surface area contributed by atoms with Gasteiger partial charge in [-0.3, -0.25) is 9.59 Å². The van der Waals surface area contributed by atoms with E-state index in [1.807, 2.05) is 6.92 Å². The van der Waals surface area contributed by atoms with Gasteiger partial charge in [0.25, 0.3) is 5.91 Å². The first-order chi connectivity index (χ1) is 14.8. The summed E-state index contributed by atoms with van der Waals surface area (Å²) in [5.41, 5.74) is 0.802. The number of carboxylic acid groups (broad SMARTS) is 1. The van der Waals surface area contributed by atoms with Gasteiger partial charge in [0.15, 0.2) is 6.10 Å². The van der Waals surface area contributed by atoms with Crippen LogP contribution in [0.3, 0.4) is 0 Å². The summed E-state index contributed by atoms with van der Waals surface area (Å²) in [6, 6.07) is 4.73. The van der Waals surface area contributed by atoms with Crippen LogP contribution >= 0.6 is 11.6 Å². The van der Waals surface area contributed by atoms with Crippen molar-refractivity contribution in [2.24, 2.45) is 11.8 Å². The van der Waals surface area contributed by atoms with E-state index < -0.39 is 17.7 Å². The molecule has 8 heteroatoms. The van der Waals surface area contributed by atoms with Gasteiger partial charge in [0, 0.05) is 24.1 Å². The third-order valence-corrected chi connectivity index (χ3v) is 6.13. The first kappa shape index (κ1) is 23.1. The molecule has 0 aliphatic heterocycles. The van der Waals surface area contributed by atoms with E-state index in [-0.39, 0.29) is 23.5 Å². The van der Waals surface area contributed by atoms with Crippen molar-refractivity contribution in [3.05, 3.63) is 39.2 Å². The van der Waals surface area contributed by atoms with Crippen LogP contribution in [0.25, 0.3) is 11.0 Å². The molecule has 0 bridgehead atoms. The molecular weight excluding hydrogens is 422 g/mol. The van der Waals surface area contributed by atoms with Crippen LogP contribution in [0.1, 0.15) is 51.5 Å².